The van der Waals surface area contributed by atoms with Gasteiger partial charge in [-0.1, -0.05) is 12.1 Å². The van der Waals surface area contributed by atoms with Crippen molar-refractivity contribution in [2.45, 2.75) is 19.4 Å². The van der Waals surface area contributed by atoms with Crippen LogP contribution in [0.15, 0.2) is 41.0 Å². The number of carboxylic acid groups (broad SMARTS) is 1. The molecule has 0 radical (unpaired) electrons. The molecule has 2 atom stereocenters. The maximum Gasteiger partial charge on any atom is 0.308 e. The van der Waals surface area contributed by atoms with Crippen LogP contribution in [-0.4, -0.2) is 29.1 Å². The normalized spacial score (nSPS) is 22.1. The lowest BCUT2D eigenvalue weighted by atomic mass is 9.89. The molecule has 1 aliphatic heterocycles. The second-order valence-electron chi connectivity index (χ2n) is 5.80. The van der Waals surface area contributed by atoms with Crippen LogP contribution in [0.4, 0.5) is 4.39 Å². The number of hydrogen-bond donors (Lipinski definition) is 1. The zero-order valence-electron chi connectivity index (χ0n) is 12.3. The predicted octanol–water partition coefficient (Wildman–Crippen LogP) is 3.03. The van der Waals surface area contributed by atoms with Crippen molar-refractivity contribution in [3.63, 3.8) is 0 Å². The molecule has 2 heterocycles. The number of aryl methyl sites for hydroxylation is 1. The van der Waals surface area contributed by atoms with Crippen LogP contribution >= 0.6 is 0 Å². The summed E-state index contributed by atoms with van der Waals surface area (Å²) >= 11 is 0. The van der Waals surface area contributed by atoms with E-state index < -0.39 is 11.9 Å². The van der Waals surface area contributed by atoms with Gasteiger partial charge in [0.25, 0.3) is 0 Å². The van der Waals surface area contributed by atoms with Crippen LogP contribution in [-0.2, 0) is 11.3 Å². The fourth-order valence-corrected chi connectivity index (χ4v) is 3.13. The number of rotatable bonds is 4. The zero-order chi connectivity index (χ0) is 15.7. The van der Waals surface area contributed by atoms with Gasteiger partial charge < -0.3 is 9.52 Å². The lowest BCUT2D eigenvalue weighted by Crippen LogP contribution is -2.23. The fourth-order valence-electron chi connectivity index (χ4n) is 3.13. The molecule has 4 nitrogen and oxygen atoms in total. The van der Waals surface area contributed by atoms with E-state index in [-0.39, 0.29) is 11.7 Å². The summed E-state index contributed by atoms with van der Waals surface area (Å²) in [6.45, 7) is 3.70. The Morgan fingerprint density at radius 2 is 2.05 bits per heavy atom. The number of carbonyl (C=O) groups is 1. The third kappa shape index (κ3) is 2.90. The van der Waals surface area contributed by atoms with Gasteiger partial charge in [0.1, 0.15) is 11.6 Å². The summed E-state index contributed by atoms with van der Waals surface area (Å²) in [6, 6.07) is 8.05. The maximum absolute atomic E-state index is 13.1. The molecule has 0 unspecified atom stereocenters. The molecule has 22 heavy (non-hydrogen) atoms. The molecule has 0 aliphatic carbocycles. The maximum atomic E-state index is 13.1. The molecule has 2 aromatic rings. The largest absolute Gasteiger partial charge is 0.481 e. The standard InChI is InChI=1S/C17H18FNO3/c1-11-13(6-7-22-11)8-19-9-15(16(10-19)17(20)21)12-2-4-14(18)5-3-12/h2-7,15-16H,8-10H2,1H3,(H,20,21)/t15-,16+/m1/s1. The highest BCUT2D eigenvalue weighted by molar-refractivity contribution is 5.72. The van der Waals surface area contributed by atoms with E-state index in [0.717, 1.165) is 16.9 Å². The van der Waals surface area contributed by atoms with Gasteiger partial charge in [0, 0.05) is 31.1 Å². The molecule has 0 amide bonds. The summed E-state index contributed by atoms with van der Waals surface area (Å²) in [5, 5.41) is 9.48. The molecule has 1 aromatic heterocycles. The van der Waals surface area contributed by atoms with E-state index in [0.29, 0.717) is 19.6 Å². The summed E-state index contributed by atoms with van der Waals surface area (Å²) in [5.41, 5.74) is 1.95. The molecule has 0 saturated carbocycles. The van der Waals surface area contributed by atoms with Crippen LogP contribution in [0.25, 0.3) is 0 Å². The van der Waals surface area contributed by atoms with E-state index in [1.807, 2.05) is 13.0 Å². The average molecular weight is 303 g/mol. The Morgan fingerprint density at radius 1 is 1.32 bits per heavy atom. The average Bonchev–Trinajstić information content (AvgIpc) is 3.08. The van der Waals surface area contributed by atoms with Crippen LogP contribution < -0.4 is 0 Å². The Kier molecular flexibility index (Phi) is 3.98. The first-order valence-corrected chi connectivity index (χ1v) is 7.28. The van der Waals surface area contributed by atoms with Gasteiger partial charge in [0.15, 0.2) is 0 Å². The van der Waals surface area contributed by atoms with Crippen molar-refractivity contribution in [1.29, 1.82) is 0 Å². The summed E-state index contributed by atoms with van der Waals surface area (Å²) < 4.78 is 18.4. The third-order valence-corrected chi connectivity index (χ3v) is 4.37. The lowest BCUT2D eigenvalue weighted by Gasteiger charge is -2.16. The Labute approximate surface area is 128 Å². The molecule has 5 heteroatoms. The van der Waals surface area contributed by atoms with E-state index in [4.69, 9.17) is 4.42 Å². The van der Waals surface area contributed by atoms with Crippen LogP contribution in [0.3, 0.4) is 0 Å². The molecule has 1 aliphatic rings. The molecule has 1 fully saturated rings. The van der Waals surface area contributed by atoms with E-state index in [2.05, 4.69) is 4.90 Å². The number of likely N-dealkylation sites (tertiary alicyclic amines) is 1. The van der Waals surface area contributed by atoms with Crippen molar-refractivity contribution in [1.82, 2.24) is 4.90 Å². The van der Waals surface area contributed by atoms with Gasteiger partial charge in [-0.15, -0.1) is 0 Å². The molecule has 0 bridgehead atoms. The van der Waals surface area contributed by atoms with Crippen LogP contribution in [0.2, 0.25) is 0 Å². The molecular weight excluding hydrogens is 285 g/mol. The Hall–Kier alpha value is -2.14. The van der Waals surface area contributed by atoms with Crippen molar-refractivity contribution < 1.29 is 18.7 Å². The van der Waals surface area contributed by atoms with Crippen molar-refractivity contribution in [2.75, 3.05) is 13.1 Å². The van der Waals surface area contributed by atoms with Gasteiger partial charge in [0.05, 0.1) is 12.2 Å². The fraction of sp³-hybridized carbons (Fsp3) is 0.353. The Morgan fingerprint density at radius 3 is 2.64 bits per heavy atom. The first-order chi connectivity index (χ1) is 10.5. The van der Waals surface area contributed by atoms with Gasteiger partial charge in [0.2, 0.25) is 0 Å². The number of hydrogen-bond acceptors (Lipinski definition) is 3. The highest BCUT2D eigenvalue weighted by Gasteiger charge is 2.38. The van der Waals surface area contributed by atoms with Crippen LogP contribution in [0.5, 0.6) is 0 Å². The van der Waals surface area contributed by atoms with Crippen LogP contribution in [0.1, 0.15) is 22.8 Å². The number of benzene rings is 1. The molecule has 1 aromatic carbocycles. The number of nitrogens with zero attached hydrogens (tertiary/aromatic N) is 1. The number of furan rings is 1. The lowest BCUT2D eigenvalue weighted by molar-refractivity contribution is -0.141. The number of aliphatic carboxylic acids is 1. The van der Waals surface area contributed by atoms with Crippen molar-refractivity contribution in [3.05, 3.63) is 59.3 Å². The summed E-state index contributed by atoms with van der Waals surface area (Å²) in [4.78, 5) is 13.7. The molecule has 116 valence electrons. The minimum atomic E-state index is -0.805. The Balaban J connectivity index is 1.79. The summed E-state index contributed by atoms with van der Waals surface area (Å²) in [7, 11) is 0. The van der Waals surface area contributed by atoms with Crippen molar-refractivity contribution in [2.24, 2.45) is 5.92 Å². The highest BCUT2D eigenvalue weighted by atomic mass is 19.1. The minimum Gasteiger partial charge on any atom is -0.481 e. The van der Waals surface area contributed by atoms with E-state index in [1.165, 1.54) is 12.1 Å². The van der Waals surface area contributed by atoms with Crippen molar-refractivity contribution in [3.8, 4) is 0 Å². The monoisotopic (exact) mass is 303 g/mol. The second kappa shape index (κ2) is 5.93. The van der Waals surface area contributed by atoms with Gasteiger partial charge in [-0.3, -0.25) is 9.69 Å². The van der Waals surface area contributed by atoms with Crippen molar-refractivity contribution >= 4 is 5.97 Å². The van der Waals surface area contributed by atoms with E-state index in [1.54, 1.807) is 18.4 Å². The first-order valence-electron chi connectivity index (χ1n) is 7.28. The van der Waals surface area contributed by atoms with Gasteiger partial charge in [-0.2, -0.15) is 0 Å². The molecule has 0 spiro atoms. The van der Waals surface area contributed by atoms with Crippen LogP contribution in [0, 0.1) is 18.7 Å². The minimum absolute atomic E-state index is 0.120. The third-order valence-electron chi connectivity index (χ3n) is 4.37. The number of carboxylic acids is 1. The highest BCUT2D eigenvalue weighted by Crippen LogP contribution is 2.34. The van der Waals surface area contributed by atoms with Gasteiger partial charge >= 0.3 is 5.97 Å². The van der Waals surface area contributed by atoms with Gasteiger partial charge in [-0.05, 0) is 30.7 Å². The smallest absolute Gasteiger partial charge is 0.308 e. The second-order valence-corrected chi connectivity index (χ2v) is 5.80. The zero-order valence-corrected chi connectivity index (χ0v) is 12.3. The molecule has 3 rings (SSSR count). The SMILES string of the molecule is Cc1occc1CN1C[C@H](C(=O)O)[C@@H](c2ccc(F)cc2)C1. The molecule has 1 saturated heterocycles. The summed E-state index contributed by atoms with van der Waals surface area (Å²) in [5.74, 6) is -0.847. The van der Waals surface area contributed by atoms with Gasteiger partial charge in [-0.25, -0.2) is 4.39 Å². The Bertz CT molecular complexity index is 665. The quantitative estimate of drug-likeness (QED) is 0.943. The predicted molar refractivity (Wildman–Crippen MR) is 79.0 cm³/mol. The molecule has 1 N–H and O–H groups in total. The van der Waals surface area contributed by atoms with E-state index >= 15 is 0 Å². The van der Waals surface area contributed by atoms with E-state index in [9.17, 15) is 14.3 Å². The summed E-state index contributed by atoms with van der Waals surface area (Å²) in [6.07, 6.45) is 1.65. The molecular formula is C17H18FNO3. The first kappa shape index (κ1) is 14.8. The topological polar surface area (TPSA) is 53.7 Å². The number of halogens is 1.